The molecule has 5 nitrogen and oxygen atoms in total. The van der Waals surface area contributed by atoms with Crippen molar-refractivity contribution in [2.45, 2.75) is 13.5 Å². The summed E-state index contributed by atoms with van der Waals surface area (Å²) in [7, 11) is 3.08. The number of carbonyl (C=O) groups excluding carboxylic acids is 1. The van der Waals surface area contributed by atoms with Crippen molar-refractivity contribution in [1.82, 2.24) is 10.2 Å². The van der Waals surface area contributed by atoms with Crippen LogP contribution in [0.25, 0.3) is 0 Å². The fourth-order valence-corrected chi connectivity index (χ4v) is 3.19. The summed E-state index contributed by atoms with van der Waals surface area (Å²) in [5.41, 5.74) is 0.553. The number of esters is 1. The molecular weight excluding hydrogens is 492 g/mol. The van der Waals surface area contributed by atoms with Crippen LogP contribution in [0.3, 0.4) is 0 Å². The van der Waals surface area contributed by atoms with E-state index in [9.17, 15) is 9.18 Å². The van der Waals surface area contributed by atoms with Crippen molar-refractivity contribution in [1.29, 1.82) is 0 Å². The molecule has 2 rings (SSSR count). The van der Waals surface area contributed by atoms with E-state index in [0.29, 0.717) is 31.2 Å². The lowest BCUT2D eigenvalue weighted by atomic mass is 9.99. The molecule has 0 amide bonds. The van der Waals surface area contributed by atoms with Crippen LogP contribution in [0, 0.1) is 17.7 Å². The van der Waals surface area contributed by atoms with E-state index in [4.69, 9.17) is 4.74 Å². The van der Waals surface area contributed by atoms with Crippen molar-refractivity contribution in [3.8, 4) is 0 Å². The lowest BCUT2D eigenvalue weighted by molar-refractivity contribution is -0.145. The largest absolute Gasteiger partial charge is 0.469 e. The molecule has 1 saturated heterocycles. The number of aliphatic imine (C=N–C) groups is 1. The fraction of sp³-hybridized carbons (Fsp3) is 0.500. The number of benzene rings is 1. The highest BCUT2D eigenvalue weighted by atomic mass is 127. The van der Waals surface area contributed by atoms with Gasteiger partial charge in [-0.3, -0.25) is 9.79 Å². The molecule has 0 radical (unpaired) electrons. The number of rotatable bonds is 3. The van der Waals surface area contributed by atoms with E-state index >= 15 is 0 Å². The second-order valence-electron chi connectivity index (χ2n) is 5.65. The quantitative estimate of drug-likeness (QED) is 0.292. The highest BCUT2D eigenvalue weighted by Gasteiger charge is 2.36. The van der Waals surface area contributed by atoms with E-state index in [1.807, 2.05) is 11.8 Å². The molecule has 2 atom stereocenters. The minimum atomic E-state index is -0.265. The topological polar surface area (TPSA) is 53.9 Å². The number of methoxy groups -OCH3 is 1. The second-order valence-corrected chi connectivity index (χ2v) is 6.56. The zero-order valence-electron chi connectivity index (χ0n) is 13.9. The Morgan fingerprint density at radius 1 is 1.50 bits per heavy atom. The van der Waals surface area contributed by atoms with Crippen molar-refractivity contribution in [3.05, 3.63) is 34.1 Å². The van der Waals surface area contributed by atoms with Gasteiger partial charge in [-0.05, 0) is 24.1 Å². The minimum absolute atomic E-state index is 0. The SMILES string of the molecule is CN=C(NCc1cc(Br)ccc1F)N1CC(C)C(C(=O)OC)C1.I. The number of ether oxygens (including phenoxy) is 1. The van der Waals surface area contributed by atoms with Gasteiger partial charge in [0.15, 0.2) is 5.96 Å². The Balaban J connectivity index is 0.00000288. The van der Waals surface area contributed by atoms with Crippen molar-refractivity contribution in [3.63, 3.8) is 0 Å². The molecule has 0 saturated carbocycles. The Bertz CT molecular complexity index is 615. The summed E-state index contributed by atoms with van der Waals surface area (Å²) in [6.07, 6.45) is 0. The van der Waals surface area contributed by atoms with E-state index in [2.05, 4.69) is 26.2 Å². The summed E-state index contributed by atoms with van der Waals surface area (Å²) in [5, 5.41) is 3.16. The molecule has 0 aromatic heterocycles. The van der Waals surface area contributed by atoms with Gasteiger partial charge in [0.05, 0.1) is 13.0 Å². The van der Waals surface area contributed by atoms with Crippen LogP contribution in [0.4, 0.5) is 4.39 Å². The maximum absolute atomic E-state index is 13.8. The zero-order chi connectivity index (χ0) is 17.0. The summed E-state index contributed by atoms with van der Waals surface area (Å²) in [6, 6.07) is 4.82. The summed E-state index contributed by atoms with van der Waals surface area (Å²) in [5.74, 6) is 0.208. The summed E-state index contributed by atoms with van der Waals surface area (Å²) >= 11 is 3.34. The number of likely N-dealkylation sites (tertiary alicyclic amines) is 1. The lowest BCUT2D eigenvalue weighted by Crippen LogP contribution is -2.40. The third-order valence-corrected chi connectivity index (χ3v) is 4.57. The molecule has 2 unspecified atom stereocenters. The fourth-order valence-electron chi connectivity index (χ4n) is 2.78. The Morgan fingerprint density at radius 2 is 2.21 bits per heavy atom. The number of nitrogens with one attached hydrogen (secondary N) is 1. The van der Waals surface area contributed by atoms with Crippen LogP contribution in [0.1, 0.15) is 12.5 Å². The molecule has 1 heterocycles. The highest BCUT2D eigenvalue weighted by Crippen LogP contribution is 2.24. The Labute approximate surface area is 167 Å². The second kappa shape index (κ2) is 9.55. The molecule has 0 spiro atoms. The molecule has 1 N–H and O–H groups in total. The van der Waals surface area contributed by atoms with Crippen LogP contribution in [0.5, 0.6) is 0 Å². The molecule has 8 heteroatoms. The smallest absolute Gasteiger partial charge is 0.310 e. The minimum Gasteiger partial charge on any atom is -0.469 e. The molecule has 24 heavy (non-hydrogen) atoms. The molecule has 1 fully saturated rings. The average molecular weight is 514 g/mol. The first kappa shape index (κ1) is 21.1. The van der Waals surface area contributed by atoms with Crippen LogP contribution < -0.4 is 5.32 Å². The first-order chi connectivity index (χ1) is 11.0. The van der Waals surface area contributed by atoms with Crippen molar-refractivity contribution in [2.75, 3.05) is 27.2 Å². The predicted molar refractivity (Wildman–Crippen MR) is 106 cm³/mol. The Morgan fingerprint density at radius 3 is 2.83 bits per heavy atom. The summed E-state index contributed by atoms with van der Waals surface area (Å²) < 4.78 is 19.5. The van der Waals surface area contributed by atoms with Crippen molar-refractivity contribution >= 4 is 51.8 Å². The van der Waals surface area contributed by atoms with Crippen LogP contribution in [0.15, 0.2) is 27.7 Å². The summed E-state index contributed by atoms with van der Waals surface area (Å²) in [4.78, 5) is 18.0. The number of halogens is 3. The third-order valence-electron chi connectivity index (χ3n) is 4.07. The number of hydrogen-bond donors (Lipinski definition) is 1. The van der Waals surface area contributed by atoms with E-state index in [0.717, 1.165) is 4.47 Å². The lowest BCUT2D eigenvalue weighted by Gasteiger charge is -2.21. The van der Waals surface area contributed by atoms with Crippen molar-refractivity contribution < 1.29 is 13.9 Å². The third kappa shape index (κ3) is 5.05. The van der Waals surface area contributed by atoms with Gasteiger partial charge in [-0.2, -0.15) is 0 Å². The van der Waals surface area contributed by atoms with E-state index in [1.165, 1.54) is 13.2 Å². The highest BCUT2D eigenvalue weighted by molar-refractivity contribution is 14.0. The number of guanidine groups is 1. The first-order valence-corrected chi connectivity index (χ1v) is 8.23. The Kier molecular flexibility index (Phi) is 8.41. The van der Waals surface area contributed by atoms with E-state index in [-0.39, 0.29) is 47.6 Å². The standard InChI is InChI=1S/C16H21BrFN3O2.HI/c1-10-8-21(9-13(10)15(22)23-3)16(19-2)20-7-11-6-12(17)4-5-14(11)18;/h4-6,10,13H,7-9H2,1-3H3,(H,19,20);1H. The number of nitrogens with zero attached hydrogens (tertiary/aromatic N) is 2. The average Bonchev–Trinajstić information content (AvgIpc) is 2.92. The van der Waals surface area contributed by atoms with Crippen LogP contribution in [-0.4, -0.2) is 44.1 Å². The molecule has 0 aliphatic carbocycles. The van der Waals surface area contributed by atoms with Gasteiger partial charge in [-0.25, -0.2) is 4.39 Å². The monoisotopic (exact) mass is 513 g/mol. The van der Waals surface area contributed by atoms with Gasteiger partial charge in [0.2, 0.25) is 0 Å². The predicted octanol–water partition coefficient (Wildman–Crippen LogP) is 3.02. The maximum atomic E-state index is 13.8. The van der Waals surface area contributed by atoms with Gasteiger partial charge < -0.3 is 15.0 Å². The molecular formula is C16H22BrFIN3O2. The van der Waals surface area contributed by atoms with Crippen molar-refractivity contribution in [2.24, 2.45) is 16.8 Å². The molecule has 1 aromatic rings. The van der Waals surface area contributed by atoms with Crippen LogP contribution in [0.2, 0.25) is 0 Å². The Hall–Kier alpha value is -0.900. The van der Waals surface area contributed by atoms with Gasteiger partial charge in [-0.15, -0.1) is 24.0 Å². The van der Waals surface area contributed by atoms with E-state index < -0.39 is 0 Å². The van der Waals surface area contributed by atoms with Gasteiger partial charge in [-0.1, -0.05) is 22.9 Å². The first-order valence-electron chi connectivity index (χ1n) is 7.43. The molecule has 1 aliphatic rings. The number of hydrogen-bond acceptors (Lipinski definition) is 3. The molecule has 1 aromatic carbocycles. The van der Waals surface area contributed by atoms with Gasteiger partial charge in [0.1, 0.15) is 5.82 Å². The number of carbonyl (C=O) groups is 1. The molecule has 134 valence electrons. The normalized spacial score (nSPS) is 20.5. The summed E-state index contributed by atoms with van der Waals surface area (Å²) in [6.45, 7) is 3.60. The van der Waals surface area contributed by atoms with Gasteiger partial charge >= 0.3 is 5.97 Å². The molecule has 0 bridgehead atoms. The van der Waals surface area contributed by atoms with Crippen LogP contribution >= 0.6 is 39.9 Å². The van der Waals surface area contributed by atoms with Gasteiger partial charge in [0.25, 0.3) is 0 Å². The maximum Gasteiger partial charge on any atom is 0.310 e. The van der Waals surface area contributed by atoms with Gasteiger partial charge in [0, 0.05) is 36.7 Å². The zero-order valence-corrected chi connectivity index (χ0v) is 17.8. The van der Waals surface area contributed by atoms with E-state index in [1.54, 1.807) is 19.2 Å². The van der Waals surface area contributed by atoms with Crippen LogP contribution in [-0.2, 0) is 16.1 Å². The molecule has 1 aliphatic heterocycles.